The van der Waals surface area contributed by atoms with Gasteiger partial charge in [0.2, 0.25) is 11.8 Å². The number of nitrogens with zero attached hydrogens (tertiary/aromatic N) is 2. The van der Waals surface area contributed by atoms with Crippen molar-refractivity contribution in [3.63, 3.8) is 0 Å². The zero-order valence-corrected chi connectivity index (χ0v) is 16.2. The van der Waals surface area contributed by atoms with Gasteiger partial charge in [-0.25, -0.2) is 0 Å². The minimum atomic E-state index is -0.171. The topological polar surface area (TPSA) is 78.7 Å². The lowest BCUT2D eigenvalue weighted by Gasteiger charge is -2.30. The number of likely N-dealkylation sites (tertiary alicyclic amines) is 2. The fourth-order valence-corrected chi connectivity index (χ4v) is 3.99. The summed E-state index contributed by atoms with van der Waals surface area (Å²) >= 11 is 0. The Balaban J connectivity index is 1.39. The number of carbonyl (C=O) groups excluding carboxylic acids is 2. The van der Waals surface area contributed by atoms with E-state index in [1.54, 1.807) is 0 Å². The van der Waals surface area contributed by atoms with Gasteiger partial charge in [0.1, 0.15) is 0 Å². The third kappa shape index (κ3) is 6.33. The van der Waals surface area contributed by atoms with Gasteiger partial charge in [-0.3, -0.25) is 14.5 Å². The molecule has 0 aliphatic carbocycles. The lowest BCUT2D eigenvalue weighted by molar-refractivity contribution is -0.123. The third-order valence-electron chi connectivity index (χ3n) is 5.74. The van der Waals surface area contributed by atoms with E-state index in [9.17, 15) is 9.59 Å². The van der Waals surface area contributed by atoms with Crippen LogP contribution >= 0.6 is 0 Å². The summed E-state index contributed by atoms with van der Waals surface area (Å²) < 4.78 is 0. The SMILES string of the molecule is NC(=O)C1CCN(Cc2ccc(NC(=O)CCN3CCCCC3)cc2)CC1. The fourth-order valence-electron chi connectivity index (χ4n) is 3.99. The van der Waals surface area contributed by atoms with Crippen LogP contribution < -0.4 is 11.1 Å². The summed E-state index contributed by atoms with van der Waals surface area (Å²) in [7, 11) is 0. The molecule has 2 fully saturated rings. The number of anilines is 1. The highest BCUT2D eigenvalue weighted by atomic mass is 16.2. The quantitative estimate of drug-likeness (QED) is 0.769. The van der Waals surface area contributed by atoms with Crippen molar-refractivity contribution in [3.8, 4) is 0 Å². The second kappa shape index (κ2) is 9.85. The summed E-state index contributed by atoms with van der Waals surface area (Å²) in [6.07, 6.45) is 6.07. The molecule has 3 rings (SSSR count). The van der Waals surface area contributed by atoms with Gasteiger partial charge >= 0.3 is 0 Å². The van der Waals surface area contributed by atoms with Crippen molar-refractivity contribution in [1.29, 1.82) is 0 Å². The van der Waals surface area contributed by atoms with Gasteiger partial charge in [0, 0.05) is 31.1 Å². The molecule has 0 aromatic heterocycles. The molecule has 0 bridgehead atoms. The first kappa shape index (κ1) is 19.8. The fraction of sp³-hybridized carbons (Fsp3) is 0.619. The third-order valence-corrected chi connectivity index (χ3v) is 5.74. The molecule has 2 amide bonds. The Morgan fingerprint density at radius 2 is 1.63 bits per heavy atom. The van der Waals surface area contributed by atoms with Crippen molar-refractivity contribution in [2.24, 2.45) is 11.7 Å². The van der Waals surface area contributed by atoms with Gasteiger partial charge in [-0.2, -0.15) is 0 Å². The largest absolute Gasteiger partial charge is 0.369 e. The number of rotatable bonds is 7. The van der Waals surface area contributed by atoms with Crippen LogP contribution in [0.5, 0.6) is 0 Å². The number of primary amides is 1. The summed E-state index contributed by atoms with van der Waals surface area (Å²) in [5, 5.41) is 3.00. The minimum Gasteiger partial charge on any atom is -0.369 e. The molecule has 3 N–H and O–H groups in total. The van der Waals surface area contributed by atoms with Crippen LogP contribution in [0.1, 0.15) is 44.1 Å². The molecule has 0 saturated carbocycles. The van der Waals surface area contributed by atoms with Crippen LogP contribution in [0.25, 0.3) is 0 Å². The molecule has 2 aliphatic rings. The molecule has 6 heteroatoms. The first-order valence-corrected chi connectivity index (χ1v) is 10.2. The lowest BCUT2D eigenvalue weighted by Crippen LogP contribution is -2.38. The van der Waals surface area contributed by atoms with E-state index in [1.807, 2.05) is 12.1 Å². The van der Waals surface area contributed by atoms with Gasteiger partial charge in [0.15, 0.2) is 0 Å². The molecule has 2 heterocycles. The Kier molecular flexibility index (Phi) is 7.24. The van der Waals surface area contributed by atoms with Crippen molar-refractivity contribution >= 4 is 17.5 Å². The van der Waals surface area contributed by atoms with Crippen molar-refractivity contribution < 1.29 is 9.59 Å². The van der Waals surface area contributed by atoms with Gasteiger partial charge in [0.05, 0.1) is 0 Å². The van der Waals surface area contributed by atoms with Crippen LogP contribution in [0.2, 0.25) is 0 Å². The zero-order valence-electron chi connectivity index (χ0n) is 16.2. The summed E-state index contributed by atoms with van der Waals surface area (Å²) in [5.74, 6) is -0.0550. The van der Waals surface area contributed by atoms with Crippen molar-refractivity contribution in [1.82, 2.24) is 9.80 Å². The molecule has 0 spiro atoms. The second-order valence-corrected chi connectivity index (χ2v) is 7.85. The number of carbonyl (C=O) groups is 2. The average molecular weight is 373 g/mol. The molecule has 0 atom stereocenters. The average Bonchev–Trinajstić information content (AvgIpc) is 2.69. The van der Waals surface area contributed by atoms with Crippen LogP contribution in [0.15, 0.2) is 24.3 Å². The summed E-state index contributed by atoms with van der Waals surface area (Å²) in [4.78, 5) is 28.1. The summed E-state index contributed by atoms with van der Waals surface area (Å²) in [5.41, 5.74) is 7.47. The highest BCUT2D eigenvalue weighted by Gasteiger charge is 2.22. The monoisotopic (exact) mass is 372 g/mol. The second-order valence-electron chi connectivity index (χ2n) is 7.85. The number of amides is 2. The molecule has 2 aliphatic heterocycles. The first-order valence-electron chi connectivity index (χ1n) is 10.2. The maximum absolute atomic E-state index is 12.2. The molecule has 148 valence electrons. The highest BCUT2D eigenvalue weighted by Crippen LogP contribution is 2.19. The number of benzene rings is 1. The van der Waals surface area contributed by atoms with Gasteiger partial charge in [-0.1, -0.05) is 18.6 Å². The van der Waals surface area contributed by atoms with Crippen LogP contribution in [0.4, 0.5) is 5.69 Å². The van der Waals surface area contributed by atoms with Crippen molar-refractivity contribution in [2.45, 2.75) is 45.1 Å². The Bertz CT molecular complexity index is 618. The predicted molar refractivity (Wildman–Crippen MR) is 107 cm³/mol. The smallest absolute Gasteiger partial charge is 0.225 e. The number of nitrogens with one attached hydrogen (secondary N) is 1. The van der Waals surface area contributed by atoms with E-state index in [4.69, 9.17) is 5.73 Å². The zero-order chi connectivity index (χ0) is 19.1. The summed E-state index contributed by atoms with van der Waals surface area (Å²) in [6.45, 7) is 5.78. The lowest BCUT2D eigenvalue weighted by atomic mass is 9.96. The molecule has 0 radical (unpaired) electrons. The number of nitrogens with two attached hydrogens (primary N) is 1. The molecule has 6 nitrogen and oxygen atoms in total. The normalized spacial score (nSPS) is 19.7. The van der Waals surface area contributed by atoms with E-state index in [1.165, 1.54) is 24.8 Å². The number of piperidine rings is 2. The standard InChI is InChI=1S/C21H32N4O2/c22-21(27)18-8-13-25(14-9-18)16-17-4-6-19(7-5-17)23-20(26)10-15-24-11-2-1-3-12-24/h4-7,18H,1-3,8-16H2,(H2,22,27)(H,23,26). The molecule has 0 unspecified atom stereocenters. The maximum Gasteiger partial charge on any atom is 0.225 e. The van der Waals surface area contributed by atoms with Crippen LogP contribution in [-0.4, -0.2) is 54.3 Å². The van der Waals surface area contributed by atoms with E-state index in [-0.39, 0.29) is 17.7 Å². The van der Waals surface area contributed by atoms with Gasteiger partial charge in [-0.05, 0) is 69.6 Å². The van der Waals surface area contributed by atoms with Gasteiger partial charge in [-0.15, -0.1) is 0 Å². The van der Waals surface area contributed by atoms with Crippen molar-refractivity contribution in [3.05, 3.63) is 29.8 Å². The first-order chi connectivity index (χ1) is 13.1. The van der Waals surface area contributed by atoms with E-state index < -0.39 is 0 Å². The highest BCUT2D eigenvalue weighted by molar-refractivity contribution is 5.90. The van der Waals surface area contributed by atoms with Crippen LogP contribution in [0, 0.1) is 5.92 Å². The van der Waals surface area contributed by atoms with Gasteiger partial charge < -0.3 is 16.0 Å². The van der Waals surface area contributed by atoms with Crippen molar-refractivity contribution in [2.75, 3.05) is 38.0 Å². The van der Waals surface area contributed by atoms with E-state index in [2.05, 4.69) is 27.2 Å². The van der Waals surface area contributed by atoms with E-state index >= 15 is 0 Å². The Morgan fingerprint density at radius 3 is 2.26 bits per heavy atom. The van der Waals surface area contributed by atoms with Crippen LogP contribution in [0.3, 0.4) is 0 Å². The van der Waals surface area contributed by atoms with Crippen LogP contribution in [-0.2, 0) is 16.1 Å². The maximum atomic E-state index is 12.2. The van der Waals surface area contributed by atoms with E-state index in [0.29, 0.717) is 6.42 Å². The number of hydrogen-bond donors (Lipinski definition) is 2. The number of hydrogen-bond acceptors (Lipinski definition) is 4. The molecule has 27 heavy (non-hydrogen) atoms. The summed E-state index contributed by atoms with van der Waals surface area (Å²) in [6, 6.07) is 8.09. The molecular weight excluding hydrogens is 340 g/mol. The molecule has 2 saturated heterocycles. The van der Waals surface area contributed by atoms with E-state index in [0.717, 1.165) is 57.8 Å². The molecular formula is C21H32N4O2. The molecule has 1 aromatic carbocycles. The Labute approximate surface area is 162 Å². The minimum absolute atomic E-state index is 0.0313. The Hall–Kier alpha value is -1.92. The molecule has 1 aromatic rings. The Morgan fingerprint density at radius 1 is 0.963 bits per heavy atom. The van der Waals surface area contributed by atoms with Gasteiger partial charge in [0.25, 0.3) is 0 Å². The predicted octanol–water partition coefficient (Wildman–Crippen LogP) is 2.20.